The van der Waals surface area contributed by atoms with Crippen LogP contribution in [0, 0.1) is 6.92 Å². The second kappa shape index (κ2) is 6.83. The van der Waals surface area contributed by atoms with Crippen molar-refractivity contribution in [1.29, 1.82) is 0 Å². The van der Waals surface area contributed by atoms with Crippen molar-refractivity contribution >= 4 is 11.6 Å². The van der Waals surface area contributed by atoms with Crippen LogP contribution in [-0.4, -0.2) is 11.9 Å². The molecule has 15 heavy (non-hydrogen) atoms. The zero-order valence-corrected chi connectivity index (χ0v) is 9.93. The number of hydrogen-bond acceptors (Lipinski definition) is 2. The standard InChI is InChI=1S/C12H19ClN2/c1-10-5-2-3-6-11(10)9-12(15-14)7-4-8-13/h2-3,5-6,12,15H,4,7-9,14H2,1H3. The van der Waals surface area contributed by atoms with Crippen LogP contribution in [0.1, 0.15) is 24.0 Å². The van der Waals surface area contributed by atoms with E-state index >= 15 is 0 Å². The average Bonchev–Trinajstić information content (AvgIpc) is 2.26. The molecule has 0 heterocycles. The van der Waals surface area contributed by atoms with Gasteiger partial charge in [0.05, 0.1) is 0 Å². The van der Waals surface area contributed by atoms with E-state index in [0.717, 1.165) is 19.3 Å². The number of aryl methyl sites for hydroxylation is 1. The van der Waals surface area contributed by atoms with Crippen molar-refractivity contribution in [1.82, 2.24) is 5.43 Å². The lowest BCUT2D eigenvalue weighted by Crippen LogP contribution is -2.36. The topological polar surface area (TPSA) is 38.0 Å². The Hall–Kier alpha value is -0.570. The van der Waals surface area contributed by atoms with E-state index in [1.807, 2.05) is 0 Å². The molecule has 0 aliphatic rings. The van der Waals surface area contributed by atoms with Crippen LogP contribution in [0.25, 0.3) is 0 Å². The molecule has 1 aromatic rings. The first-order chi connectivity index (χ1) is 7.27. The van der Waals surface area contributed by atoms with Gasteiger partial charge in [0.1, 0.15) is 0 Å². The van der Waals surface area contributed by atoms with Gasteiger partial charge >= 0.3 is 0 Å². The molecule has 0 saturated heterocycles. The lowest BCUT2D eigenvalue weighted by molar-refractivity contribution is 0.486. The van der Waals surface area contributed by atoms with Gasteiger partial charge < -0.3 is 0 Å². The van der Waals surface area contributed by atoms with Crippen LogP contribution in [0.4, 0.5) is 0 Å². The molecule has 0 bridgehead atoms. The van der Waals surface area contributed by atoms with Crippen LogP contribution in [0.3, 0.4) is 0 Å². The SMILES string of the molecule is Cc1ccccc1CC(CCCCl)NN. The highest BCUT2D eigenvalue weighted by molar-refractivity contribution is 6.17. The molecular weight excluding hydrogens is 208 g/mol. The highest BCUT2D eigenvalue weighted by Crippen LogP contribution is 2.12. The molecule has 3 N–H and O–H groups in total. The molecule has 1 aromatic carbocycles. The van der Waals surface area contributed by atoms with Crippen molar-refractivity contribution in [3.8, 4) is 0 Å². The van der Waals surface area contributed by atoms with Crippen molar-refractivity contribution in [3.63, 3.8) is 0 Å². The van der Waals surface area contributed by atoms with E-state index in [4.69, 9.17) is 17.4 Å². The van der Waals surface area contributed by atoms with Crippen LogP contribution >= 0.6 is 11.6 Å². The lowest BCUT2D eigenvalue weighted by Gasteiger charge is -2.16. The van der Waals surface area contributed by atoms with E-state index in [2.05, 4.69) is 36.6 Å². The van der Waals surface area contributed by atoms with Crippen molar-refractivity contribution in [2.75, 3.05) is 5.88 Å². The Morgan fingerprint density at radius 3 is 2.73 bits per heavy atom. The summed E-state index contributed by atoms with van der Waals surface area (Å²) >= 11 is 5.67. The van der Waals surface area contributed by atoms with Gasteiger partial charge in [-0.25, -0.2) is 0 Å². The second-order valence-corrected chi connectivity index (χ2v) is 4.20. The molecule has 3 heteroatoms. The number of alkyl halides is 1. The Balaban J connectivity index is 2.54. The maximum atomic E-state index is 5.67. The first-order valence-corrected chi connectivity index (χ1v) is 5.88. The third-order valence-corrected chi connectivity index (χ3v) is 2.92. The monoisotopic (exact) mass is 226 g/mol. The van der Waals surface area contributed by atoms with Gasteiger partial charge in [0.25, 0.3) is 0 Å². The third kappa shape index (κ3) is 4.20. The number of rotatable bonds is 6. The minimum absolute atomic E-state index is 0.324. The minimum atomic E-state index is 0.324. The Labute approximate surface area is 96.8 Å². The molecule has 1 atom stereocenters. The van der Waals surface area contributed by atoms with E-state index < -0.39 is 0 Å². The molecule has 0 saturated carbocycles. The maximum Gasteiger partial charge on any atom is 0.0251 e. The molecule has 0 aromatic heterocycles. The molecule has 0 spiro atoms. The molecule has 0 radical (unpaired) electrons. The lowest BCUT2D eigenvalue weighted by atomic mass is 9.99. The molecule has 0 amide bonds. The molecule has 84 valence electrons. The van der Waals surface area contributed by atoms with Crippen LogP contribution in [0.5, 0.6) is 0 Å². The number of benzene rings is 1. The number of nitrogens with two attached hydrogens (primary N) is 1. The van der Waals surface area contributed by atoms with Crippen LogP contribution in [-0.2, 0) is 6.42 Å². The number of halogens is 1. The fourth-order valence-electron chi connectivity index (χ4n) is 1.67. The van der Waals surface area contributed by atoms with Gasteiger partial charge in [-0.3, -0.25) is 11.3 Å². The van der Waals surface area contributed by atoms with E-state index in [0.29, 0.717) is 11.9 Å². The molecular formula is C12H19ClN2. The quantitative estimate of drug-likeness (QED) is 0.444. The number of hydrazine groups is 1. The molecule has 2 nitrogen and oxygen atoms in total. The number of hydrogen-bond donors (Lipinski definition) is 2. The third-order valence-electron chi connectivity index (χ3n) is 2.65. The Kier molecular flexibility index (Phi) is 5.69. The summed E-state index contributed by atoms with van der Waals surface area (Å²) in [6.07, 6.45) is 3.00. The fraction of sp³-hybridized carbons (Fsp3) is 0.500. The summed E-state index contributed by atoms with van der Waals surface area (Å²) in [4.78, 5) is 0. The van der Waals surface area contributed by atoms with Crippen LogP contribution < -0.4 is 11.3 Å². The van der Waals surface area contributed by atoms with Gasteiger partial charge in [0.15, 0.2) is 0 Å². The molecule has 1 rings (SSSR count). The van der Waals surface area contributed by atoms with Crippen molar-refractivity contribution in [3.05, 3.63) is 35.4 Å². The van der Waals surface area contributed by atoms with E-state index in [9.17, 15) is 0 Å². The molecule has 0 aliphatic carbocycles. The summed E-state index contributed by atoms with van der Waals surface area (Å²) in [6.45, 7) is 2.13. The van der Waals surface area contributed by atoms with Crippen molar-refractivity contribution in [2.24, 2.45) is 5.84 Å². The largest absolute Gasteiger partial charge is 0.271 e. The fourth-order valence-corrected chi connectivity index (χ4v) is 1.83. The highest BCUT2D eigenvalue weighted by atomic mass is 35.5. The van der Waals surface area contributed by atoms with E-state index in [1.165, 1.54) is 11.1 Å². The Morgan fingerprint density at radius 1 is 1.40 bits per heavy atom. The first-order valence-electron chi connectivity index (χ1n) is 5.34. The minimum Gasteiger partial charge on any atom is -0.271 e. The summed E-state index contributed by atoms with van der Waals surface area (Å²) in [5.74, 6) is 6.22. The van der Waals surface area contributed by atoms with Gasteiger partial charge in [0, 0.05) is 11.9 Å². The average molecular weight is 227 g/mol. The summed E-state index contributed by atoms with van der Waals surface area (Å²) in [7, 11) is 0. The summed E-state index contributed by atoms with van der Waals surface area (Å²) < 4.78 is 0. The first kappa shape index (κ1) is 12.5. The van der Waals surface area contributed by atoms with Gasteiger partial charge in [-0.15, -0.1) is 11.6 Å². The highest BCUT2D eigenvalue weighted by Gasteiger charge is 2.08. The normalized spacial score (nSPS) is 12.7. The van der Waals surface area contributed by atoms with Crippen LogP contribution in [0.15, 0.2) is 24.3 Å². The van der Waals surface area contributed by atoms with E-state index in [-0.39, 0.29) is 0 Å². The second-order valence-electron chi connectivity index (χ2n) is 3.83. The molecule has 1 unspecified atom stereocenters. The van der Waals surface area contributed by atoms with Crippen molar-refractivity contribution < 1.29 is 0 Å². The maximum absolute atomic E-state index is 5.67. The Bertz CT molecular complexity index is 289. The van der Waals surface area contributed by atoms with Crippen molar-refractivity contribution in [2.45, 2.75) is 32.2 Å². The van der Waals surface area contributed by atoms with Crippen LogP contribution in [0.2, 0.25) is 0 Å². The van der Waals surface area contributed by atoms with E-state index in [1.54, 1.807) is 0 Å². The number of nitrogens with one attached hydrogen (secondary N) is 1. The zero-order chi connectivity index (χ0) is 11.1. The van der Waals surface area contributed by atoms with Gasteiger partial charge in [-0.05, 0) is 37.3 Å². The van der Waals surface area contributed by atoms with Gasteiger partial charge in [-0.2, -0.15) is 0 Å². The predicted molar refractivity (Wildman–Crippen MR) is 65.9 cm³/mol. The Morgan fingerprint density at radius 2 is 2.13 bits per heavy atom. The molecule has 0 aliphatic heterocycles. The predicted octanol–water partition coefficient (Wildman–Crippen LogP) is 2.39. The van der Waals surface area contributed by atoms with Gasteiger partial charge in [-0.1, -0.05) is 24.3 Å². The summed E-state index contributed by atoms with van der Waals surface area (Å²) in [5, 5.41) is 0. The smallest absolute Gasteiger partial charge is 0.0251 e. The van der Waals surface area contributed by atoms with Gasteiger partial charge in [0.2, 0.25) is 0 Å². The molecule has 0 fully saturated rings. The summed E-state index contributed by atoms with van der Waals surface area (Å²) in [5.41, 5.74) is 5.53. The zero-order valence-electron chi connectivity index (χ0n) is 9.17. The summed E-state index contributed by atoms with van der Waals surface area (Å²) in [6, 6.07) is 8.73.